The van der Waals surface area contributed by atoms with Gasteiger partial charge in [-0.1, -0.05) is 35.3 Å². The van der Waals surface area contributed by atoms with E-state index in [-0.39, 0.29) is 32.0 Å². The summed E-state index contributed by atoms with van der Waals surface area (Å²) < 4.78 is 5.03. The molecule has 25 heavy (non-hydrogen) atoms. The molecule has 2 rings (SSSR count). The normalized spacial score (nSPS) is 10.0. The molecular weight excluding hydrogens is 385 g/mol. The second-order valence-corrected chi connectivity index (χ2v) is 6.01. The SMILES string of the molecule is COc1c(Cl)cc(C(=O)NC(=S)Nc2ccccc2C(N)=O)cc1Cl. The van der Waals surface area contributed by atoms with E-state index < -0.39 is 11.8 Å². The van der Waals surface area contributed by atoms with Gasteiger partial charge in [-0.25, -0.2) is 0 Å². The molecule has 2 aromatic carbocycles. The average Bonchev–Trinajstić information content (AvgIpc) is 2.54. The first kappa shape index (κ1) is 19.0. The summed E-state index contributed by atoms with van der Waals surface area (Å²) in [7, 11) is 1.42. The van der Waals surface area contributed by atoms with Gasteiger partial charge in [-0.05, 0) is 36.5 Å². The number of ether oxygens (including phenoxy) is 1. The third-order valence-corrected chi connectivity index (χ3v) is 3.90. The highest BCUT2D eigenvalue weighted by atomic mass is 35.5. The Hall–Kier alpha value is -2.35. The van der Waals surface area contributed by atoms with Gasteiger partial charge in [-0.3, -0.25) is 14.9 Å². The number of thiocarbonyl (C=S) groups is 1. The summed E-state index contributed by atoms with van der Waals surface area (Å²) in [6.07, 6.45) is 0. The second-order valence-electron chi connectivity index (χ2n) is 4.79. The molecule has 6 nitrogen and oxygen atoms in total. The Morgan fingerprint density at radius 2 is 1.76 bits per heavy atom. The molecule has 0 radical (unpaired) electrons. The molecular formula is C16H13Cl2N3O3S. The topological polar surface area (TPSA) is 93.4 Å². The summed E-state index contributed by atoms with van der Waals surface area (Å²) in [6.45, 7) is 0. The number of carbonyl (C=O) groups excluding carboxylic acids is 2. The van der Waals surface area contributed by atoms with Gasteiger partial charge in [0.1, 0.15) is 0 Å². The molecule has 0 atom stereocenters. The number of carbonyl (C=O) groups is 2. The third kappa shape index (κ3) is 4.60. The van der Waals surface area contributed by atoms with Crippen LogP contribution in [0.2, 0.25) is 10.0 Å². The van der Waals surface area contributed by atoms with E-state index in [1.807, 2.05) is 0 Å². The van der Waals surface area contributed by atoms with Gasteiger partial charge in [-0.15, -0.1) is 0 Å². The number of amides is 2. The maximum Gasteiger partial charge on any atom is 0.257 e. The van der Waals surface area contributed by atoms with Crippen molar-refractivity contribution in [1.29, 1.82) is 0 Å². The Balaban J connectivity index is 2.14. The van der Waals surface area contributed by atoms with Gasteiger partial charge >= 0.3 is 0 Å². The molecule has 0 unspecified atom stereocenters. The van der Waals surface area contributed by atoms with Crippen LogP contribution in [-0.2, 0) is 0 Å². The molecule has 0 saturated carbocycles. The van der Waals surface area contributed by atoms with Crippen LogP contribution in [0.15, 0.2) is 36.4 Å². The van der Waals surface area contributed by atoms with Gasteiger partial charge < -0.3 is 15.8 Å². The minimum atomic E-state index is -0.619. The van der Waals surface area contributed by atoms with Gasteiger partial charge in [0.05, 0.1) is 28.4 Å². The van der Waals surface area contributed by atoms with Gasteiger partial charge in [0, 0.05) is 5.56 Å². The van der Waals surface area contributed by atoms with E-state index in [9.17, 15) is 9.59 Å². The van der Waals surface area contributed by atoms with Crippen molar-refractivity contribution in [2.45, 2.75) is 0 Å². The molecule has 0 spiro atoms. The molecule has 0 saturated heterocycles. The maximum absolute atomic E-state index is 12.3. The first-order chi connectivity index (χ1) is 11.8. The number of halogens is 2. The fourth-order valence-electron chi connectivity index (χ4n) is 2.02. The number of methoxy groups -OCH3 is 1. The molecule has 0 aliphatic heterocycles. The smallest absolute Gasteiger partial charge is 0.257 e. The van der Waals surface area contributed by atoms with Gasteiger partial charge in [0.2, 0.25) is 0 Å². The number of benzene rings is 2. The first-order valence-corrected chi connectivity index (χ1v) is 8.04. The van der Waals surface area contributed by atoms with Gasteiger partial charge in [-0.2, -0.15) is 0 Å². The van der Waals surface area contributed by atoms with Crippen molar-refractivity contribution < 1.29 is 14.3 Å². The zero-order chi connectivity index (χ0) is 18.6. The van der Waals surface area contributed by atoms with Crippen LogP contribution in [0.5, 0.6) is 5.75 Å². The summed E-state index contributed by atoms with van der Waals surface area (Å²) in [5.41, 5.74) is 6.12. The number of para-hydroxylation sites is 1. The molecule has 0 heterocycles. The summed E-state index contributed by atoms with van der Waals surface area (Å²) >= 11 is 17.1. The van der Waals surface area contributed by atoms with E-state index in [0.717, 1.165) is 0 Å². The first-order valence-electron chi connectivity index (χ1n) is 6.87. The Morgan fingerprint density at radius 3 is 2.32 bits per heavy atom. The predicted octanol–water partition coefficient (Wildman–Crippen LogP) is 3.23. The summed E-state index contributed by atoms with van der Waals surface area (Å²) in [4.78, 5) is 23.7. The summed E-state index contributed by atoms with van der Waals surface area (Å²) in [6, 6.07) is 9.32. The van der Waals surface area contributed by atoms with Crippen molar-refractivity contribution in [3.8, 4) is 5.75 Å². The molecule has 0 aliphatic rings. The Labute approximate surface area is 159 Å². The van der Waals surface area contributed by atoms with Crippen LogP contribution >= 0.6 is 35.4 Å². The lowest BCUT2D eigenvalue weighted by Gasteiger charge is -2.13. The minimum absolute atomic E-state index is 0.0123. The highest BCUT2D eigenvalue weighted by molar-refractivity contribution is 7.80. The number of nitrogens with two attached hydrogens (primary N) is 1. The van der Waals surface area contributed by atoms with Crippen molar-refractivity contribution in [1.82, 2.24) is 5.32 Å². The van der Waals surface area contributed by atoms with E-state index >= 15 is 0 Å². The summed E-state index contributed by atoms with van der Waals surface area (Å²) in [5.74, 6) is -0.873. The van der Waals surface area contributed by atoms with E-state index in [2.05, 4.69) is 10.6 Å². The molecule has 0 aliphatic carbocycles. The number of nitrogens with one attached hydrogen (secondary N) is 2. The molecule has 0 bridgehead atoms. The van der Waals surface area contributed by atoms with Crippen LogP contribution in [0.4, 0.5) is 5.69 Å². The molecule has 2 amide bonds. The monoisotopic (exact) mass is 397 g/mol. The van der Waals surface area contributed by atoms with E-state index in [4.69, 9.17) is 45.9 Å². The standard InChI is InChI=1S/C16H13Cl2N3O3S/c1-24-13-10(17)6-8(7-11(13)18)15(23)21-16(25)20-12-5-3-2-4-9(12)14(19)22/h2-7H,1H3,(H2,19,22)(H2,20,21,23,25). The Kier molecular flexibility index (Phi) is 6.19. The lowest BCUT2D eigenvalue weighted by atomic mass is 10.1. The van der Waals surface area contributed by atoms with Crippen molar-refractivity contribution in [2.75, 3.05) is 12.4 Å². The van der Waals surface area contributed by atoms with E-state index in [0.29, 0.717) is 5.69 Å². The maximum atomic E-state index is 12.3. The van der Waals surface area contributed by atoms with Crippen LogP contribution in [0.3, 0.4) is 0 Å². The molecule has 9 heteroatoms. The van der Waals surface area contributed by atoms with Crippen LogP contribution in [-0.4, -0.2) is 24.0 Å². The fraction of sp³-hybridized carbons (Fsp3) is 0.0625. The predicted molar refractivity (Wildman–Crippen MR) is 102 cm³/mol. The molecule has 0 aromatic heterocycles. The van der Waals surface area contributed by atoms with Gasteiger partial charge in [0.25, 0.3) is 11.8 Å². The van der Waals surface area contributed by atoms with Crippen LogP contribution in [0.25, 0.3) is 0 Å². The van der Waals surface area contributed by atoms with Gasteiger partial charge in [0.15, 0.2) is 10.9 Å². The number of anilines is 1. The highest BCUT2D eigenvalue weighted by Gasteiger charge is 2.15. The molecule has 2 aromatic rings. The Morgan fingerprint density at radius 1 is 1.16 bits per heavy atom. The average molecular weight is 398 g/mol. The molecule has 4 N–H and O–H groups in total. The zero-order valence-electron chi connectivity index (χ0n) is 12.9. The van der Waals surface area contributed by atoms with Crippen molar-refractivity contribution in [2.24, 2.45) is 5.73 Å². The zero-order valence-corrected chi connectivity index (χ0v) is 15.3. The number of primary amides is 1. The van der Waals surface area contributed by atoms with Crippen LogP contribution in [0.1, 0.15) is 20.7 Å². The minimum Gasteiger partial charge on any atom is -0.494 e. The highest BCUT2D eigenvalue weighted by Crippen LogP contribution is 2.33. The van der Waals surface area contributed by atoms with E-state index in [1.54, 1.807) is 18.2 Å². The third-order valence-electron chi connectivity index (χ3n) is 3.13. The molecule has 130 valence electrons. The lowest BCUT2D eigenvalue weighted by molar-refractivity contribution is 0.0975. The van der Waals surface area contributed by atoms with Crippen molar-refractivity contribution in [3.63, 3.8) is 0 Å². The number of hydrogen-bond acceptors (Lipinski definition) is 4. The van der Waals surface area contributed by atoms with E-state index in [1.165, 1.54) is 25.3 Å². The largest absolute Gasteiger partial charge is 0.494 e. The summed E-state index contributed by atoms with van der Waals surface area (Å²) in [5, 5.41) is 5.60. The van der Waals surface area contributed by atoms with Crippen molar-refractivity contribution >= 4 is 58.0 Å². The second kappa shape index (κ2) is 8.15. The van der Waals surface area contributed by atoms with Crippen LogP contribution in [0, 0.1) is 0 Å². The quantitative estimate of drug-likeness (QED) is 0.688. The molecule has 0 fully saturated rings. The fourth-order valence-corrected chi connectivity index (χ4v) is 2.87. The Bertz CT molecular complexity index is 835. The lowest BCUT2D eigenvalue weighted by Crippen LogP contribution is -2.34. The number of hydrogen-bond donors (Lipinski definition) is 3. The van der Waals surface area contributed by atoms with Crippen molar-refractivity contribution in [3.05, 3.63) is 57.6 Å². The number of rotatable bonds is 4. The van der Waals surface area contributed by atoms with Crippen LogP contribution < -0.4 is 21.1 Å².